The monoisotopic (exact) mass is 621 g/mol. The third kappa shape index (κ3) is 8.08. The standard InChI is InChI=1S/C31H41Cl2N3O6/c1-38-17-18-39-20-28-29(21-41-28)42-22-36-27-19-24(9-7-23(27)8-10-30(36)37)40-16-3-2-11-34-12-14-35(15-13-34)26-6-4-5-25(32)31(26)33/h4-7,9,19,28-29H,2-3,8,10-18,20-22H2,1H3. The van der Waals surface area contributed by atoms with Crippen molar-refractivity contribution in [2.75, 3.05) is 89.4 Å². The summed E-state index contributed by atoms with van der Waals surface area (Å²) in [6.45, 7) is 7.72. The number of rotatable bonds is 15. The molecule has 0 aromatic heterocycles. The molecule has 230 valence electrons. The quantitative estimate of drug-likeness (QED) is 0.266. The van der Waals surface area contributed by atoms with Crippen LogP contribution in [-0.4, -0.2) is 103 Å². The van der Waals surface area contributed by atoms with Crippen LogP contribution in [0.1, 0.15) is 24.8 Å². The maximum absolute atomic E-state index is 12.8. The summed E-state index contributed by atoms with van der Waals surface area (Å²) in [6, 6.07) is 11.8. The number of hydrogen-bond donors (Lipinski definition) is 0. The van der Waals surface area contributed by atoms with Crippen LogP contribution in [0.4, 0.5) is 11.4 Å². The number of anilines is 2. The van der Waals surface area contributed by atoms with Crippen LogP contribution >= 0.6 is 23.2 Å². The number of ether oxygens (including phenoxy) is 5. The van der Waals surface area contributed by atoms with Gasteiger partial charge in [0.15, 0.2) is 0 Å². The zero-order valence-corrected chi connectivity index (χ0v) is 25.8. The number of fused-ring (bicyclic) bond motifs is 1. The second kappa shape index (κ2) is 15.6. The number of carbonyl (C=O) groups is 1. The molecule has 2 atom stereocenters. The molecule has 11 heteroatoms. The Balaban J connectivity index is 1.03. The molecule has 0 spiro atoms. The average Bonchev–Trinajstić information content (AvgIpc) is 2.99. The van der Waals surface area contributed by atoms with Crippen LogP contribution < -0.4 is 14.5 Å². The number of aryl methyl sites for hydroxylation is 1. The number of carbonyl (C=O) groups excluding carboxylic acids is 1. The zero-order chi connectivity index (χ0) is 29.3. The van der Waals surface area contributed by atoms with Gasteiger partial charge in [-0.15, -0.1) is 0 Å². The van der Waals surface area contributed by atoms with Crippen molar-refractivity contribution in [3.63, 3.8) is 0 Å². The van der Waals surface area contributed by atoms with E-state index < -0.39 is 0 Å². The summed E-state index contributed by atoms with van der Waals surface area (Å²) in [6.07, 6.45) is 3.00. The van der Waals surface area contributed by atoms with Crippen molar-refractivity contribution in [1.29, 1.82) is 0 Å². The zero-order valence-electron chi connectivity index (χ0n) is 24.3. The SMILES string of the molecule is COCCOCC1OCC1OCN1C(=O)CCc2ccc(OCCCCN3CCN(c4cccc(Cl)c4Cl)CC3)cc21. The van der Waals surface area contributed by atoms with E-state index in [0.717, 1.165) is 74.7 Å². The van der Waals surface area contributed by atoms with Gasteiger partial charge < -0.3 is 28.6 Å². The van der Waals surface area contributed by atoms with Gasteiger partial charge in [0, 0.05) is 45.8 Å². The van der Waals surface area contributed by atoms with Crippen LogP contribution in [-0.2, 0) is 30.2 Å². The Kier molecular flexibility index (Phi) is 11.6. The van der Waals surface area contributed by atoms with Crippen molar-refractivity contribution < 1.29 is 28.5 Å². The van der Waals surface area contributed by atoms with Gasteiger partial charge in [-0.3, -0.25) is 14.6 Å². The Morgan fingerprint density at radius 2 is 1.83 bits per heavy atom. The molecule has 0 aliphatic carbocycles. The maximum Gasteiger partial charge on any atom is 0.229 e. The van der Waals surface area contributed by atoms with Crippen LogP contribution in [0, 0.1) is 0 Å². The molecule has 2 unspecified atom stereocenters. The van der Waals surface area contributed by atoms with Crippen LogP contribution in [0.2, 0.25) is 10.0 Å². The summed E-state index contributed by atoms with van der Waals surface area (Å²) in [7, 11) is 1.64. The summed E-state index contributed by atoms with van der Waals surface area (Å²) >= 11 is 12.6. The minimum absolute atomic E-state index is 0.0607. The van der Waals surface area contributed by atoms with Gasteiger partial charge in [0.25, 0.3) is 0 Å². The lowest BCUT2D eigenvalue weighted by Crippen LogP contribution is -2.51. The third-order valence-corrected chi connectivity index (χ3v) is 8.87. The Labute approximate surface area is 258 Å². The van der Waals surface area contributed by atoms with Crippen molar-refractivity contribution >= 4 is 40.5 Å². The molecule has 0 radical (unpaired) electrons. The summed E-state index contributed by atoms with van der Waals surface area (Å²) in [5, 5.41) is 1.23. The lowest BCUT2D eigenvalue weighted by atomic mass is 10.0. The normalized spacial score (nSPS) is 20.9. The molecule has 0 N–H and O–H groups in total. The number of nitrogens with zero attached hydrogens (tertiary/aromatic N) is 3. The van der Waals surface area contributed by atoms with Crippen LogP contribution in [0.15, 0.2) is 36.4 Å². The first-order valence-electron chi connectivity index (χ1n) is 14.8. The number of unbranched alkanes of at least 4 members (excludes halogenated alkanes) is 1. The van der Waals surface area contributed by atoms with E-state index >= 15 is 0 Å². The fourth-order valence-electron chi connectivity index (χ4n) is 5.46. The molecule has 2 aromatic rings. The first-order valence-corrected chi connectivity index (χ1v) is 15.6. The summed E-state index contributed by atoms with van der Waals surface area (Å²) in [5.41, 5.74) is 3.02. The van der Waals surface area contributed by atoms with Gasteiger partial charge in [0.2, 0.25) is 5.91 Å². The molecule has 2 saturated heterocycles. The van der Waals surface area contributed by atoms with E-state index in [-0.39, 0.29) is 24.8 Å². The smallest absolute Gasteiger partial charge is 0.229 e. The largest absolute Gasteiger partial charge is 0.494 e. The molecule has 3 aliphatic rings. The number of benzene rings is 2. The molecule has 3 heterocycles. The molecule has 2 aromatic carbocycles. The van der Waals surface area contributed by atoms with E-state index in [1.807, 2.05) is 30.3 Å². The van der Waals surface area contributed by atoms with Crippen LogP contribution in [0.5, 0.6) is 5.75 Å². The number of hydrogen-bond acceptors (Lipinski definition) is 8. The molecule has 2 fully saturated rings. The molecule has 0 saturated carbocycles. The van der Waals surface area contributed by atoms with E-state index in [1.54, 1.807) is 12.0 Å². The highest BCUT2D eigenvalue weighted by Gasteiger charge is 2.35. The van der Waals surface area contributed by atoms with Gasteiger partial charge in [-0.1, -0.05) is 35.3 Å². The predicted octanol–water partition coefficient (Wildman–Crippen LogP) is 4.66. The van der Waals surface area contributed by atoms with Gasteiger partial charge >= 0.3 is 0 Å². The molecule has 1 amide bonds. The minimum Gasteiger partial charge on any atom is -0.494 e. The first kappa shape index (κ1) is 31.3. The Hall–Kier alpha value is -2.11. The molecule has 3 aliphatic heterocycles. The molecule has 42 heavy (non-hydrogen) atoms. The van der Waals surface area contributed by atoms with Crippen LogP contribution in [0.25, 0.3) is 0 Å². The Bertz CT molecular complexity index is 1180. The van der Waals surface area contributed by atoms with Gasteiger partial charge in [-0.05, 0) is 49.6 Å². The van der Waals surface area contributed by atoms with E-state index in [1.165, 1.54) is 0 Å². The van der Waals surface area contributed by atoms with Gasteiger partial charge in [0.05, 0.1) is 54.5 Å². The van der Waals surface area contributed by atoms with Crippen molar-refractivity contribution in [3.05, 3.63) is 52.0 Å². The Morgan fingerprint density at radius 1 is 0.976 bits per heavy atom. The highest BCUT2D eigenvalue weighted by Crippen LogP contribution is 2.34. The average molecular weight is 623 g/mol. The fraction of sp³-hybridized carbons (Fsp3) is 0.581. The lowest BCUT2D eigenvalue weighted by Gasteiger charge is -2.38. The fourth-order valence-corrected chi connectivity index (χ4v) is 5.87. The van der Waals surface area contributed by atoms with E-state index in [0.29, 0.717) is 49.5 Å². The van der Waals surface area contributed by atoms with Crippen molar-refractivity contribution in [3.8, 4) is 5.75 Å². The lowest BCUT2D eigenvalue weighted by molar-refractivity contribution is -0.206. The van der Waals surface area contributed by atoms with E-state index in [9.17, 15) is 4.79 Å². The first-order chi connectivity index (χ1) is 20.5. The number of halogens is 2. The highest BCUT2D eigenvalue weighted by molar-refractivity contribution is 6.43. The number of amides is 1. The van der Waals surface area contributed by atoms with E-state index in [2.05, 4.69) is 15.9 Å². The topological polar surface area (TPSA) is 72.9 Å². The molecular formula is C31H41Cl2N3O6. The molecule has 0 bridgehead atoms. The second-order valence-electron chi connectivity index (χ2n) is 10.8. The minimum atomic E-state index is -0.124. The molecule has 9 nitrogen and oxygen atoms in total. The summed E-state index contributed by atoms with van der Waals surface area (Å²) in [5.74, 6) is 0.836. The van der Waals surface area contributed by atoms with E-state index in [4.69, 9.17) is 46.9 Å². The predicted molar refractivity (Wildman–Crippen MR) is 164 cm³/mol. The number of methoxy groups -OCH3 is 1. The van der Waals surface area contributed by atoms with Gasteiger partial charge in [-0.25, -0.2) is 0 Å². The van der Waals surface area contributed by atoms with Crippen molar-refractivity contribution in [2.24, 2.45) is 0 Å². The molecular weight excluding hydrogens is 581 g/mol. The summed E-state index contributed by atoms with van der Waals surface area (Å²) < 4.78 is 28.3. The summed E-state index contributed by atoms with van der Waals surface area (Å²) in [4.78, 5) is 19.3. The number of piperazine rings is 1. The second-order valence-corrected chi connectivity index (χ2v) is 11.6. The molecule has 5 rings (SSSR count). The van der Waals surface area contributed by atoms with Gasteiger partial charge in [0.1, 0.15) is 24.7 Å². The maximum atomic E-state index is 12.8. The highest BCUT2D eigenvalue weighted by atomic mass is 35.5. The van der Waals surface area contributed by atoms with Gasteiger partial charge in [-0.2, -0.15) is 0 Å². The van der Waals surface area contributed by atoms with Crippen molar-refractivity contribution in [1.82, 2.24) is 4.90 Å². The van der Waals surface area contributed by atoms with Crippen molar-refractivity contribution in [2.45, 2.75) is 37.9 Å². The third-order valence-electron chi connectivity index (χ3n) is 8.06. The Morgan fingerprint density at radius 3 is 2.62 bits per heavy atom. The van der Waals surface area contributed by atoms with Crippen LogP contribution in [0.3, 0.4) is 0 Å².